The van der Waals surface area contributed by atoms with E-state index >= 15 is 0 Å². The lowest BCUT2D eigenvalue weighted by atomic mass is 9.85. The summed E-state index contributed by atoms with van der Waals surface area (Å²) in [5.41, 5.74) is -0.286. The maximum Gasteiger partial charge on any atom is 0.417 e. The van der Waals surface area contributed by atoms with Gasteiger partial charge in [-0.2, -0.15) is 13.2 Å². The first-order valence-electron chi connectivity index (χ1n) is 7.90. The maximum atomic E-state index is 13.0. The molecule has 8 heteroatoms. The lowest BCUT2D eigenvalue weighted by Crippen LogP contribution is -2.49. The van der Waals surface area contributed by atoms with E-state index in [2.05, 4.69) is 10.3 Å². The Kier molecular flexibility index (Phi) is 4.52. The molecule has 24 heavy (non-hydrogen) atoms. The van der Waals surface area contributed by atoms with Crippen molar-refractivity contribution in [3.05, 3.63) is 29.1 Å². The van der Waals surface area contributed by atoms with Crippen molar-refractivity contribution in [2.45, 2.75) is 25.6 Å². The molecule has 132 valence electrons. The zero-order chi connectivity index (χ0) is 17.4. The Hall–Kier alpha value is -1.67. The number of carbonyl (C=O) groups excluding carboxylic acids is 1. The molecule has 0 aromatic carbocycles. The summed E-state index contributed by atoms with van der Waals surface area (Å²) in [6.45, 7) is 2.21. The third kappa shape index (κ3) is 3.12. The van der Waals surface area contributed by atoms with Crippen LogP contribution in [0.4, 0.5) is 13.2 Å². The van der Waals surface area contributed by atoms with Gasteiger partial charge in [0.1, 0.15) is 0 Å². The van der Waals surface area contributed by atoms with Crippen LogP contribution in [0.15, 0.2) is 12.3 Å². The number of nitrogens with zero attached hydrogens (tertiary/aromatic N) is 2. The predicted molar refractivity (Wildman–Crippen MR) is 80.2 cm³/mol. The Morgan fingerprint density at radius 3 is 2.92 bits per heavy atom. The minimum absolute atomic E-state index is 0.0580. The van der Waals surface area contributed by atoms with Crippen LogP contribution < -0.4 is 5.32 Å². The van der Waals surface area contributed by atoms with Gasteiger partial charge in [0.25, 0.3) is 0 Å². The van der Waals surface area contributed by atoms with Gasteiger partial charge in [-0.15, -0.1) is 0 Å². The molecule has 2 aliphatic heterocycles. The molecule has 1 aromatic heterocycles. The Morgan fingerprint density at radius 2 is 2.29 bits per heavy atom. The van der Waals surface area contributed by atoms with E-state index in [0.717, 1.165) is 18.8 Å². The van der Waals surface area contributed by atoms with E-state index in [-0.39, 0.29) is 12.5 Å². The molecule has 1 unspecified atom stereocenters. The number of alkyl halides is 3. The summed E-state index contributed by atoms with van der Waals surface area (Å²) in [5.74, 6) is -0.0580. The van der Waals surface area contributed by atoms with Gasteiger partial charge in [0, 0.05) is 45.1 Å². The smallest absolute Gasteiger partial charge is 0.384 e. The molecule has 1 saturated heterocycles. The Labute approximate surface area is 138 Å². The van der Waals surface area contributed by atoms with E-state index in [1.54, 1.807) is 12.0 Å². The van der Waals surface area contributed by atoms with Crippen molar-refractivity contribution in [2.24, 2.45) is 5.41 Å². The number of halogens is 3. The fourth-order valence-electron chi connectivity index (χ4n) is 3.48. The molecule has 1 fully saturated rings. The summed E-state index contributed by atoms with van der Waals surface area (Å²) >= 11 is 0. The highest BCUT2D eigenvalue weighted by Crippen LogP contribution is 2.33. The molecule has 0 bridgehead atoms. The molecule has 1 aromatic rings. The molecule has 0 spiro atoms. The highest BCUT2D eigenvalue weighted by Gasteiger charge is 2.44. The van der Waals surface area contributed by atoms with Gasteiger partial charge >= 0.3 is 6.18 Å². The quantitative estimate of drug-likeness (QED) is 0.906. The number of fused-ring (bicyclic) bond motifs is 1. The molecule has 1 atom stereocenters. The van der Waals surface area contributed by atoms with Gasteiger partial charge in [0.05, 0.1) is 17.6 Å². The summed E-state index contributed by atoms with van der Waals surface area (Å²) in [6.07, 6.45) is -2.43. The van der Waals surface area contributed by atoms with Crippen LogP contribution in [0.1, 0.15) is 23.2 Å². The average Bonchev–Trinajstić information content (AvgIpc) is 3.02. The van der Waals surface area contributed by atoms with Crippen molar-refractivity contribution in [2.75, 3.05) is 33.4 Å². The van der Waals surface area contributed by atoms with Gasteiger partial charge in [-0.3, -0.25) is 9.78 Å². The molecule has 3 heterocycles. The molecule has 0 saturated carbocycles. The number of amides is 1. The lowest BCUT2D eigenvalue weighted by molar-refractivity contribution is -0.145. The van der Waals surface area contributed by atoms with Crippen LogP contribution in [0.25, 0.3) is 0 Å². The van der Waals surface area contributed by atoms with Crippen LogP contribution in [-0.4, -0.2) is 49.1 Å². The summed E-state index contributed by atoms with van der Waals surface area (Å²) in [5, 5.41) is 3.18. The van der Waals surface area contributed by atoms with Crippen LogP contribution in [0.5, 0.6) is 0 Å². The number of hydrogen-bond donors (Lipinski definition) is 1. The average molecular weight is 343 g/mol. The maximum absolute atomic E-state index is 13.0. The number of hydrogen-bond acceptors (Lipinski definition) is 4. The van der Waals surface area contributed by atoms with Gasteiger partial charge in [0.2, 0.25) is 5.91 Å². The van der Waals surface area contributed by atoms with E-state index in [4.69, 9.17) is 4.74 Å². The molecular formula is C16H20F3N3O2. The third-order valence-corrected chi connectivity index (χ3v) is 4.77. The molecule has 2 aliphatic rings. The monoisotopic (exact) mass is 343 g/mol. The van der Waals surface area contributed by atoms with Gasteiger partial charge in [-0.25, -0.2) is 0 Å². The normalized spacial score (nSPS) is 24.1. The molecule has 0 aliphatic carbocycles. The number of rotatable bonds is 3. The molecule has 5 nitrogen and oxygen atoms in total. The molecule has 3 rings (SSSR count). The Bertz CT molecular complexity index is 627. The van der Waals surface area contributed by atoms with Crippen molar-refractivity contribution in [1.82, 2.24) is 15.2 Å². The van der Waals surface area contributed by atoms with Gasteiger partial charge in [0.15, 0.2) is 0 Å². The number of nitrogens with one attached hydrogen (secondary N) is 1. The third-order valence-electron chi connectivity index (χ3n) is 4.77. The zero-order valence-corrected chi connectivity index (χ0v) is 13.4. The van der Waals surface area contributed by atoms with Crippen LogP contribution in [-0.2, 0) is 28.7 Å². The van der Waals surface area contributed by atoms with Crippen LogP contribution >= 0.6 is 0 Å². The summed E-state index contributed by atoms with van der Waals surface area (Å²) in [7, 11) is 1.55. The zero-order valence-electron chi connectivity index (χ0n) is 13.4. The van der Waals surface area contributed by atoms with Crippen molar-refractivity contribution >= 4 is 5.91 Å². The van der Waals surface area contributed by atoms with E-state index < -0.39 is 17.2 Å². The Balaban J connectivity index is 1.82. The first-order chi connectivity index (χ1) is 11.4. The highest BCUT2D eigenvalue weighted by molar-refractivity contribution is 5.84. The number of aromatic nitrogens is 1. The van der Waals surface area contributed by atoms with Crippen molar-refractivity contribution in [3.63, 3.8) is 0 Å². The SMILES string of the molecule is COCC1(C(=O)N2CCc3ncc(C(F)(F)F)cc3C2)CCNC1. The fourth-order valence-corrected chi connectivity index (χ4v) is 3.48. The summed E-state index contributed by atoms with van der Waals surface area (Å²) < 4.78 is 43.9. The van der Waals surface area contributed by atoms with E-state index in [0.29, 0.717) is 43.8 Å². The van der Waals surface area contributed by atoms with Gasteiger partial charge in [-0.05, 0) is 24.6 Å². The topological polar surface area (TPSA) is 54.5 Å². The summed E-state index contributed by atoms with van der Waals surface area (Å²) in [4.78, 5) is 18.5. The molecule has 0 radical (unpaired) electrons. The van der Waals surface area contributed by atoms with Gasteiger partial charge in [-0.1, -0.05) is 0 Å². The number of ether oxygens (including phenoxy) is 1. The van der Waals surface area contributed by atoms with Crippen molar-refractivity contribution in [1.29, 1.82) is 0 Å². The van der Waals surface area contributed by atoms with Crippen molar-refractivity contribution in [3.8, 4) is 0 Å². The van der Waals surface area contributed by atoms with E-state index in [9.17, 15) is 18.0 Å². The van der Waals surface area contributed by atoms with Gasteiger partial charge < -0.3 is 15.0 Å². The second-order valence-electron chi connectivity index (χ2n) is 6.44. The fraction of sp³-hybridized carbons (Fsp3) is 0.625. The minimum atomic E-state index is -4.43. The standard InChI is InChI=1S/C16H20F3N3O2/c1-24-10-15(3-4-20-9-15)14(23)22-5-2-13-11(8-22)6-12(7-21-13)16(17,18)19/h6-7,20H,2-5,8-10H2,1H3. The van der Waals surface area contributed by atoms with Crippen LogP contribution in [0, 0.1) is 5.41 Å². The van der Waals surface area contributed by atoms with Crippen LogP contribution in [0.3, 0.4) is 0 Å². The number of methoxy groups -OCH3 is 1. The second kappa shape index (κ2) is 6.33. The van der Waals surface area contributed by atoms with Crippen molar-refractivity contribution < 1.29 is 22.7 Å². The summed E-state index contributed by atoms with van der Waals surface area (Å²) in [6, 6.07) is 1.11. The second-order valence-corrected chi connectivity index (χ2v) is 6.44. The Morgan fingerprint density at radius 1 is 1.50 bits per heavy atom. The van der Waals surface area contributed by atoms with E-state index in [1.165, 1.54) is 0 Å². The molecule has 1 amide bonds. The van der Waals surface area contributed by atoms with E-state index in [1.807, 2.05) is 0 Å². The molecular weight excluding hydrogens is 323 g/mol. The molecule has 1 N–H and O–H groups in total. The lowest BCUT2D eigenvalue weighted by Gasteiger charge is -2.36. The first kappa shape index (κ1) is 17.2. The van der Waals surface area contributed by atoms with Crippen LogP contribution in [0.2, 0.25) is 0 Å². The number of pyridine rings is 1. The minimum Gasteiger partial charge on any atom is -0.384 e. The first-order valence-corrected chi connectivity index (χ1v) is 7.90. The predicted octanol–water partition coefficient (Wildman–Crippen LogP) is 1.61. The highest BCUT2D eigenvalue weighted by atomic mass is 19.4. The largest absolute Gasteiger partial charge is 0.417 e. The number of carbonyl (C=O) groups is 1.